The predicted octanol–water partition coefficient (Wildman–Crippen LogP) is 4.76. The topological polar surface area (TPSA) is 67.4 Å². The van der Waals surface area contributed by atoms with Gasteiger partial charge in [-0.25, -0.2) is 0 Å². The largest absolute Gasteiger partial charge is 0.496 e. The lowest BCUT2D eigenvalue weighted by Gasteiger charge is -2.19. The minimum Gasteiger partial charge on any atom is -0.496 e. The molecule has 1 unspecified atom stereocenters. The molecule has 0 aliphatic carbocycles. The van der Waals surface area contributed by atoms with Gasteiger partial charge in [0.05, 0.1) is 23.9 Å². The van der Waals surface area contributed by atoms with Crippen LogP contribution in [-0.4, -0.2) is 24.2 Å². The lowest BCUT2D eigenvalue weighted by atomic mass is 10.1. The first-order valence-corrected chi connectivity index (χ1v) is 10.2. The van der Waals surface area contributed by atoms with E-state index < -0.39 is 0 Å². The molecule has 1 aliphatic heterocycles. The van der Waals surface area contributed by atoms with E-state index in [1.807, 2.05) is 37.3 Å². The number of hydrogen-bond donors (Lipinski definition) is 2. The van der Waals surface area contributed by atoms with Gasteiger partial charge in [0, 0.05) is 10.8 Å². The van der Waals surface area contributed by atoms with E-state index in [2.05, 4.69) is 10.6 Å². The second kappa shape index (κ2) is 9.17. The Morgan fingerprint density at radius 2 is 1.89 bits per heavy atom. The second-order valence-electron chi connectivity index (χ2n) is 6.33. The van der Waals surface area contributed by atoms with Crippen LogP contribution in [0, 0.1) is 0 Å². The third-order valence-corrected chi connectivity index (χ3v) is 5.66. The van der Waals surface area contributed by atoms with E-state index in [-0.39, 0.29) is 17.9 Å². The van der Waals surface area contributed by atoms with Gasteiger partial charge in [-0.15, -0.1) is 11.8 Å². The van der Waals surface area contributed by atoms with Crippen LogP contribution in [0.3, 0.4) is 0 Å². The number of carbonyl (C=O) groups excluding carboxylic acids is 2. The fourth-order valence-corrected chi connectivity index (χ4v) is 3.81. The summed E-state index contributed by atoms with van der Waals surface area (Å²) in [7, 11) is 0. The summed E-state index contributed by atoms with van der Waals surface area (Å²) >= 11 is 7.54. The molecule has 3 rings (SSSR count). The molecule has 0 saturated heterocycles. The Balaban J connectivity index is 1.80. The molecule has 0 bridgehead atoms. The zero-order valence-electron chi connectivity index (χ0n) is 15.6. The van der Waals surface area contributed by atoms with Crippen LogP contribution in [-0.2, 0) is 9.53 Å². The van der Waals surface area contributed by atoms with Crippen molar-refractivity contribution in [2.75, 3.05) is 17.7 Å². The third-order valence-electron chi connectivity index (χ3n) is 4.30. The molecule has 0 aromatic heterocycles. The van der Waals surface area contributed by atoms with Crippen molar-refractivity contribution in [2.24, 2.45) is 0 Å². The van der Waals surface area contributed by atoms with Gasteiger partial charge in [-0.05, 0) is 37.6 Å². The second-order valence-corrected chi connectivity index (χ2v) is 7.87. The zero-order valence-corrected chi connectivity index (χ0v) is 17.2. The summed E-state index contributed by atoms with van der Waals surface area (Å²) in [5, 5.41) is 6.18. The third kappa shape index (κ3) is 4.88. The molecular weight excluding hydrogens is 396 g/mol. The van der Waals surface area contributed by atoms with E-state index in [0.29, 0.717) is 39.3 Å². The molecule has 1 aliphatic rings. The molecule has 1 atom stereocenters. The van der Waals surface area contributed by atoms with E-state index in [4.69, 9.17) is 16.3 Å². The van der Waals surface area contributed by atoms with Gasteiger partial charge in [0.1, 0.15) is 10.7 Å². The van der Waals surface area contributed by atoms with Crippen molar-refractivity contribution in [2.45, 2.75) is 19.9 Å². The fourth-order valence-electron chi connectivity index (χ4n) is 2.82. The van der Waals surface area contributed by atoms with Crippen LogP contribution in [0.2, 0.25) is 5.02 Å². The minimum absolute atomic E-state index is 0.191. The number of amides is 2. The molecule has 0 saturated carbocycles. The maximum absolute atomic E-state index is 12.9. The van der Waals surface area contributed by atoms with E-state index in [1.165, 1.54) is 11.8 Å². The van der Waals surface area contributed by atoms with Crippen LogP contribution in [0.1, 0.15) is 35.8 Å². The molecule has 0 fully saturated rings. The lowest BCUT2D eigenvalue weighted by Crippen LogP contribution is -2.28. The van der Waals surface area contributed by atoms with E-state index >= 15 is 0 Å². The summed E-state index contributed by atoms with van der Waals surface area (Å²) in [6.07, 6.45) is 0. The number of allylic oxidation sites excluding steroid dienone is 1. The molecule has 7 heteroatoms. The number of ether oxygens (including phenoxy) is 1. The number of rotatable bonds is 5. The molecule has 0 spiro atoms. The van der Waals surface area contributed by atoms with Gasteiger partial charge in [0.2, 0.25) is 0 Å². The van der Waals surface area contributed by atoms with Crippen molar-refractivity contribution in [3.05, 3.63) is 75.3 Å². The molecule has 0 radical (unpaired) electrons. The molecular formula is C21H21ClN2O3S. The summed E-state index contributed by atoms with van der Waals surface area (Å²) < 4.78 is 5.45. The van der Waals surface area contributed by atoms with E-state index in [9.17, 15) is 9.59 Å². The first kappa shape index (κ1) is 20.3. The first-order valence-electron chi connectivity index (χ1n) is 8.89. The quantitative estimate of drug-likeness (QED) is 0.737. The summed E-state index contributed by atoms with van der Waals surface area (Å²) in [6, 6.07) is 14.3. The summed E-state index contributed by atoms with van der Waals surface area (Å²) in [6.45, 7) is 4.25. The smallest absolute Gasteiger partial charge is 0.265 e. The van der Waals surface area contributed by atoms with Crippen molar-refractivity contribution in [1.29, 1.82) is 0 Å². The highest BCUT2D eigenvalue weighted by atomic mass is 35.5. The Kier molecular flexibility index (Phi) is 6.65. The van der Waals surface area contributed by atoms with Crippen molar-refractivity contribution in [3.8, 4) is 0 Å². The van der Waals surface area contributed by atoms with Crippen molar-refractivity contribution >= 4 is 40.9 Å². The van der Waals surface area contributed by atoms with Crippen molar-refractivity contribution < 1.29 is 14.3 Å². The van der Waals surface area contributed by atoms with Gasteiger partial charge in [0.15, 0.2) is 0 Å². The highest BCUT2D eigenvalue weighted by Gasteiger charge is 2.22. The number of halogens is 1. The average molecular weight is 417 g/mol. The number of anilines is 1. The predicted molar refractivity (Wildman–Crippen MR) is 114 cm³/mol. The average Bonchev–Trinajstić information content (AvgIpc) is 2.70. The zero-order chi connectivity index (χ0) is 20.1. The summed E-state index contributed by atoms with van der Waals surface area (Å²) in [5.41, 5.74) is 1.70. The van der Waals surface area contributed by atoms with Crippen LogP contribution >= 0.6 is 23.4 Å². The maximum Gasteiger partial charge on any atom is 0.265 e. The van der Waals surface area contributed by atoms with Gasteiger partial charge in [-0.3, -0.25) is 9.59 Å². The van der Waals surface area contributed by atoms with Crippen LogP contribution in [0.15, 0.2) is 59.2 Å². The van der Waals surface area contributed by atoms with Gasteiger partial charge in [-0.1, -0.05) is 41.9 Å². The summed E-state index contributed by atoms with van der Waals surface area (Å²) in [4.78, 5) is 26.0. The van der Waals surface area contributed by atoms with Gasteiger partial charge < -0.3 is 15.4 Å². The van der Waals surface area contributed by atoms with Crippen molar-refractivity contribution in [3.63, 3.8) is 0 Å². The molecule has 28 heavy (non-hydrogen) atoms. The molecule has 1 heterocycles. The Morgan fingerprint density at radius 3 is 2.61 bits per heavy atom. The number of nitrogens with one attached hydrogen (secondary N) is 2. The van der Waals surface area contributed by atoms with Crippen LogP contribution in [0.4, 0.5) is 5.69 Å². The number of carbonyl (C=O) groups is 2. The number of benzene rings is 2. The molecule has 2 aromatic rings. The standard InChI is InChI=1S/C21H21ClN2O3S/c1-13(15-6-4-3-5-7-15)23-20(25)17-12-16(22)8-9-18(17)24-21(26)19-14(2)27-10-11-28-19/h3-9,12-13H,10-11H2,1-2H3,(H,23,25)(H,24,26). The van der Waals surface area contributed by atoms with E-state index in [0.717, 1.165) is 5.56 Å². The Morgan fingerprint density at radius 1 is 1.14 bits per heavy atom. The molecule has 146 valence electrons. The van der Waals surface area contributed by atoms with Crippen LogP contribution in [0.5, 0.6) is 0 Å². The monoisotopic (exact) mass is 416 g/mol. The van der Waals surface area contributed by atoms with Crippen LogP contribution < -0.4 is 10.6 Å². The minimum atomic E-state index is -0.313. The normalized spacial score (nSPS) is 14.8. The lowest BCUT2D eigenvalue weighted by molar-refractivity contribution is -0.112. The van der Waals surface area contributed by atoms with Gasteiger partial charge in [0.25, 0.3) is 11.8 Å². The van der Waals surface area contributed by atoms with E-state index in [1.54, 1.807) is 25.1 Å². The van der Waals surface area contributed by atoms with Crippen molar-refractivity contribution in [1.82, 2.24) is 5.32 Å². The molecule has 5 nitrogen and oxygen atoms in total. The SMILES string of the molecule is CC1=C(C(=O)Nc2ccc(Cl)cc2C(=O)NC(C)c2ccccc2)SCCO1. The number of hydrogen-bond acceptors (Lipinski definition) is 4. The highest BCUT2D eigenvalue weighted by molar-refractivity contribution is 8.04. The molecule has 2 N–H and O–H groups in total. The molecule has 2 aromatic carbocycles. The Bertz CT molecular complexity index is 915. The fraction of sp³-hybridized carbons (Fsp3) is 0.238. The highest BCUT2D eigenvalue weighted by Crippen LogP contribution is 2.28. The Hall–Kier alpha value is -2.44. The van der Waals surface area contributed by atoms with Crippen LogP contribution in [0.25, 0.3) is 0 Å². The molecule has 2 amide bonds. The van der Waals surface area contributed by atoms with Gasteiger partial charge in [-0.2, -0.15) is 0 Å². The van der Waals surface area contributed by atoms with Gasteiger partial charge >= 0.3 is 0 Å². The maximum atomic E-state index is 12.9. The first-order chi connectivity index (χ1) is 13.5. The number of thioether (sulfide) groups is 1. The Labute approximate surface area is 173 Å². The summed E-state index contributed by atoms with van der Waals surface area (Å²) in [5.74, 6) is 0.691.